The minimum atomic E-state index is -2.98. The van der Waals surface area contributed by atoms with Gasteiger partial charge in [-0.15, -0.1) is 0 Å². The van der Waals surface area contributed by atoms with E-state index in [0.29, 0.717) is 0 Å². The second kappa shape index (κ2) is 6.14. The van der Waals surface area contributed by atoms with Crippen LogP contribution in [-0.2, 0) is 9.84 Å². The molecule has 0 saturated heterocycles. The molecule has 2 unspecified atom stereocenters. The SMILES string of the molecule is COc1cccc([C@@H](C)NC2CCCC2S(C)(=O)=O)c1. The Morgan fingerprint density at radius 3 is 2.75 bits per heavy atom. The van der Waals surface area contributed by atoms with Crippen molar-refractivity contribution in [2.75, 3.05) is 13.4 Å². The van der Waals surface area contributed by atoms with Crippen LogP contribution in [0.1, 0.15) is 37.8 Å². The van der Waals surface area contributed by atoms with Crippen molar-refractivity contribution >= 4 is 9.84 Å². The molecule has 0 radical (unpaired) electrons. The molecule has 0 heterocycles. The quantitative estimate of drug-likeness (QED) is 0.906. The van der Waals surface area contributed by atoms with Gasteiger partial charge in [-0.05, 0) is 37.5 Å². The summed E-state index contributed by atoms with van der Waals surface area (Å²) in [5.41, 5.74) is 1.11. The van der Waals surface area contributed by atoms with E-state index in [2.05, 4.69) is 12.2 Å². The maximum atomic E-state index is 11.8. The molecule has 1 aromatic carbocycles. The lowest BCUT2D eigenvalue weighted by Crippen LogP contribution is -2.41. The van der Waals surface area contributed by atoms with Gasteiger partial charge in [0.25, 0.3) is 0 Å². The molecule has 1 saturated carbocycles. The second-order valence-electron chi connectivity index (χ2n) is 5.57. The van der Waals surface area contributed by atoms with E-state index in [0.717, 1.165) is 30.6 Å². The van der Waals surface area contributed by atoms with Crippen LogP contribution in [0.5, 0.6) is 5.75 Å². The normalized spacial score (nSPS) is 24.6. The van der Waals surface area contributed by atoms with Crippen molar-refractivity contribution in [1.82, 2.24) is 5.32 Å². The fraction of sp³-hybridized carbons (Fsp3) is 0.600. The van der Waals surface area contributed by atoms with Gasteiger partial charge < -0.3 is 10.1 Å². The van der Waals surface area contributed by atoms with Gasteiger partial charge in [-0.3, -0.25) is 0 Å². The summed E-state index contributed by atoms with van der Waals surface area (Å²) in [5, 5.41) is 3.21. The van der Waals surface area contributed by atoms with Crippen LogP contribution in [0.4, 0.5) is 0 Å². The molecule has 1 N–H and O–H groups in total. The number of ether oxygens (including phenoxy) is 1. The van der Waals surface area contributed by atoms with Gasteiger partial charge in [0.05, 0.1) is 12.4 Å². The van der Waals surface area contributed by atoms with Gasteiger partial charge in [0.2, 0.25) is 0 Å². The lowest BCUT2D eigenvalue weighted by molar-refractivity contribution is 0.411. The number of nitrogens with one attached hydrogen (secondary N) is 1. The number of hydrogen-bond donors (Lipinski definition) is 1. The number of methoxy groups -OCH3 is 1. The van der Waals surface area contributed by atoms with Crippen LogP contribution >= 0.6 is 0 Å². The average molecular weight is 297 g/mol. The van der Waals surface area contributed by atoms with Crippen molar-refractivity contribution in [1.29, 1.82) is 0 Å². The highest BCUT2D eigenvalue weighted by Gasteiger charge is 2.35. The first-order valence-electron chi connectivity index (χ1n) is 7.00. The number of sulfone groups is 1. The molecule has 1 aromatic rings. The summed E-state index contributed by atoms with van der Waals surface area (Å²) in [4.78, 5) is 0. The van der Waals surface area contributed by atoms with E-state index in [1.165, 1.54) is 6.26 Å². The highest BCUT2D eigenvalue weighted by atomic mass is 32.2. The maximum Gasteiger partial charge on any atom is 0.151 e. The number of rotatable bonds is 5. The molecule has 3 atom stereocenters. The monoisotopic (exact) mass is 297 g/mol. The van der Waals surface area contributed by atoms with Crippen LogP contribution in [0.15, 0.2) is 24.3 Å². The van der Waals surface area contributed by atoms with E-state index in [4.69, 9.17) is 4.74 Å². The van der Waals surface area contributed by atoms with Gasteiger partial charge in [-0.1, -0.05) is 18.6 Å². The van der Waals surface area contributed by atoms with Gasteiger partial charge >= 0.3 is 0 Å². The first kappa shape index (κ1) is 15.3. The minimum Gasteiger partial charge on any atom is -0.497 e. The Labute approximate surface area is 121 Å². The predicted molar refractivity (Wildman–Crippen MR) is 80.8 cm³/mol. The van der Waals surface area contributed by atoms with Crippen molar-refractivity contribution in [3.05, 3.63) is 29.8 Å². The Bertz CT molecular complexity index is 556. The van der Waals surface area contributed by atoms with E-state index in [-0.39, 0.29) is 17.3 Å². The van der Waals surface area contributed by atoms with Gasteiger partial charge in [0, 0.05) is 18.3 Å². The molecule has 2 rings (SSSR count). The molecule has 112 valence electrons. The van der Waals surface area contributed by atoms with E-state index < -0.39 is 9.84 Å². The molecule has 1 aliphatic rings. The van der Waals surface area contributed by atoms with Gasteiger partial charge in [0.15, 0.2) is 9.84 Å². The number of benzene rings is 1. The molecule has 0 amide bonds. The Morgan fingerprint density at radius 2 is 2.10 bits per heavy atom. The van der Waals surface area contributed by atoms with Crippen LogP contribution in [0.25, 0.3) is 0 Å². The molecule has 4 nitrogen and oxygen atoms in total. The standard InChI is InChI=1S/C15H23NO3S/c1-11(12-6-4-7-13(10-12)19-2)16-14-8-5-9-15(14)20(3,17)18/h4,6-7,10-11,14-16H,5,8-9H2,1-3H3/t11-,14?,15?/m1/s1. The summed E-state index contributed by atoms with van der Waals surface area (Å²) >= 11 is 0. The Hall–Kier alpha value is -1.07. The molecule has 0 aromatic heterocycles. The van der Waals surface area contributed by atoms with E-state index in [1.54, 1.807) is 7.11 Å². The molecule has 0 spiro atoms. The summed E-state index contributed by atoms with van der Waals surface area (Å²) in [5.74, 6) is 0.822. The molecule has 20 heavy (non-hydrogen) atoms. The fourth-order valence-electron chi connectivity index (χ4n) is 2.96. The fourth-order valence-corrected chi connectivity index (χ4v) is 4.36. The first-order chi connectivity index (χ1) is 9.41. The summed E-state index contributed by atoms with van der Waals surface area (Å²) in [7, 11) is -1.33. The Balaban J connectivity index is 2.09. The van der Waals surface area contributed by atoms with E-state index in [9.17, 15) is 8.42 Å². The zero-order valence-corrected chi connectivity index (χ0v) is 13.1. The third-order valence-corrected chi connectivity index (χ3v) is 5.72. The zero-order valence-electron chi connectivity index (χ0n) is 12.3. The third kappa shape index (κ3) is 3.52. The maximum absolute atomic E-state index is 11.8. The molecular weight excluding hydrogens is 274 g/mol. The smallest absolute Gasteiger partial charge is 0.151 e. The van der Waals surface area contributed by atoms with Gasteiger partial charge in [-0.25, -0.2) is 8.42 Å². The highest BCUT2D eigenvalue weighted by Crippen LogP contribution is 2.28. The molecule has 1 aliphatic carbocycles. The van der Waals surface area contributed by atoms with Gasteiger partial charge in [0.1, 0.15) is 5.75 Å². The van der Waals surface area contributed by atoms with Gasteiger partial charge in [-0.2, -0.15) is 0 Å². The highest BCUT2D eigenvalue weighted by molar-refractivity contribution is 7.91. The first-order valence-corrected chi connectivity index (χ1v) is 8.96. The van der Waals surface area contributed by atoms with E-state index >= 15 is 0 Å². The Morgan fingerprint density at radius 1 is 1.35 bits per heavy atom. The summed E-state index contributed by atoms with van der Waals surface area (Å²) < 4.78 is 28.8. The van der Waals surface area contributed by atoms with Crippen LogP contribution in [0.3, 0.4) is 0 Å². The van der Waals surface area contributed by atoms with Crippen LogP contribution < -0.4 is 10.1 Å². The van der Waals surface area contributed by atoms with Crippen molar-refractivity contribution in [3.63, 3.8) is 0 Å². The topological polar surface area (TPSA) is 55.4 Å². The zero-order chi connectivity index (χ0) is 14.8. The Kier molecular flexibility index (Phi) is 4.70. The van der Waals surface area contributed by atoms with Crippen molar-refractivity contribution in [3.8, 4) is 5.75 Å². The van der Waals surface area contributed by atoms with Crippen LogP contribution in [0, 0.1) is 0 Å². The molecule has 0 bridgehead atoms. The molecular formula is C15H23NO3S. The van der Waals surface area contributed by atoms with Crippen molar-refractivity contribution < 1.29 is 13.2 Å². The summed E-state index contributed by atoms with van der Waals surface area (Å²) in [6.45, 7) is 2.06. The summed E-state index contributed by atoms with van der Waals surface area (Å²) in [6.07, 6.45) is 4.00. The summed E-state index contributed by atoms with van der Waals surface area (Å²) in [6, 6.07) is 8.04. The number of hydrogen-bond acceptors (Lipinski definition) is 4. The third-order valence-electron chi connectivity index (χ3n) is 4.06. The van der Waals surface area contributed by atoms with Crippen LogP contribution in [-0.4, -0.2) is 33.1 Å². The lowest BCUT2D eigenvalue weighted by atomic mass is 10.1. The molecule has 0 aliphatic heterocycles. The van der Waals surface area contributed by atoms with E-state index in [1.807, 2.05) is 24.3 Å². The minimum absolute atomic E-state index is 0.0474. The lowest BCUT2D eigenvalue weighted by Gasteiger charge is -2.24. The van der Waals surface area contributed by atoms with Crippen molar-refractivity contribution in [2.24, 2.45) is 0 Å². The van der Waals surface area contributed by atoms with Crippen molar-refractivity contribution in [2.45, 2.75) is 43.5 Å². The molecule has 1 fully saturated rings. The average Bonchev–Trinajstić information content (AvgIpc) is 2.87. The predicted octanol–water partition coefficient (Wildman–Crippen LogP) is 2.31. The van der Waals surface area contributed by atoms with Crippen LogP contribution in [0.2, 0.25) is 0 Å². The largest absolute Gasteiger partial charge is 0.497 e. The molecule has 5 heteroatoms. The second-order valence-corrected chi connectivity index (χ2v) is 7.83.